The molecule has 1 N–H and O–H groups in total. The number of aromatic hydroxyl groups is 1. The Morgan fingerprint density at radius 3 is 2.85 bits per heavy atom. The van der Waals surface area contributed by atoms with E-state index in [4.69, 9.17) is 16.4 Å². The van der Waals surface area contributed by atoms with Crippen molar-refractivity contribution in [1.29, 1.82) is 0 Å². The highest BCUT2D eigenvalue weighted by Gasteiger charge is 2.45. The maximum Gasteiger partial charge on any atom is 0.194 e. The van der Waals surface area contributed by atoms with Crippen LogP contribution in [0.3, 0.4) is 0 Å². The molecule has 0 fully saturated rings. The Morgan fingerprint density at radius 2 is 2.04 bits per heavy atom. The minimum Gasteiger partial charge on any atom is -0.508 e. The zero-order valence-corrected chi connectivity index (χ0v) is 16.6. The van der Waals surface area contributed by atoms with Gasteiger partial charge in [-0.3, -0.25) is 4.90 Å². The average molecular weight is 399 g/mol. The summed E-state index contributed by atoms with van der Waals surface area (Å²) in [6.07, 6.45) is -0.154. The lowest BCUT2D eigenvalue weighted by atomic mass is 9.82. The zero-order chi connectivity index (χ0) is 18.7. The molecule has 0 spiro atoms. The first-order valence-electron chi connectivity index (χ1n) is 8.99. The van der Waals surface area contributed by atoms with E-state index >= 15 is 0 Å². The van der Waals surface area contributed by atoms with Crippen molar-refractivity contribution in [3.63, 3.8) is 0 Å². The Morgan fingerprint density at radius 1 is 1.22 bits per heavy atom. The van der Waals surface area contributed by atoms with E-state index in [0.29, 0.717) is 6.54 Å². The van der Waals surface area contributed by atoms with Crippen LogP contribution in [-0.2, 0) is 11.4 Å². The summed E-state index contributed by atoms with van der Waals surface area (Å²) in [5.74, 6) is 0.359. The van der Waals surface area contributed by atoms with Crippen LogP contribution in [0.4, 0.5) is 0 Å². The molecule has 0 aliphatic carbocycles. The second-order valence-electron chi connectivity index (χ2n) is 7.20. The Hall–Kier alpha value is -2.08. The van der Waals surface area contributed by atoms with Crippen molar-refractivity contribution in [3.05, 3.63) is 63.5 Å². The van der Waals surface area contributed by atoms with Crippen LogP contribution in [0.15, 0.2) is 47.6 Å². The fourth-order valence-corrected chi connectivity index (χ4v) is 5.76. The number of oxime groups is 1. The van der Waals surface area contributed by atoms with Gasteiger partial charge in [-0.2, -0.15) is 0 Å². The number of thiophene rings is 1. The SMILES string of the molecule is CC1=NO[C@@H]2[C@H]1c1ccc(O)cc1[C@@H](C)N2Cc1sc2ccccc2c1Cl. The maximum absolute atomic E-state index is 10.0. The molecule has 2 aromatic carbocycles. The van der Waals surface area contributed by atoms with Crippen LogP contribution in [0.2, 0.25) is 5.02 Å². The van der Waals surface area contributed by atoms with E-state index in [-0.39, 0.29) is 23.9 Å². The van der Waals surface area contributed by atoms with Crippen molar-refractivity contribution in [2.45, 2.75) is 38.6 Å². The number of hydrogen-bond donors (Lipinski definition) is 1. The first-order valence-corrected chi connectivity index (χ1v) is 10.2. The summed E-state index contributed by atoms with van der Waals surface area (Å²) in [5.41, 5.74) is 3.27. The van der Waals surface area contributed by atoms with E-state index in [0.717, 1.165) is 26.6 Å². The molecule has 0 saturated carbocycles. The molecule has 0 bridgehead atoms. The van der Waals surface area contributed by atoms with Crippen molar-refractivity contribution in [2.75, 3.05) is 0 Å². The number of halogens is 1. The van der Waals surface area contributed by atoms with Crippen molar-refractivity contribution in [2.24, 2.45) is 5.16 Å². The maximum atomic E-state index is 10.0. The normalized spacial score (nSPS) is 24.4. The van der Waals surface area contributed by atoms with Crippen molar-refractivity contribution in [3.8, 4) is 5.75 Å². The predicted octanol–water partition coefficient (Wildman–Crippen LogP) is 5.65. The molecule has 3 heterocycles. The van der Waals surface area contributed by atoms with Gasteiger partial charge < -0.3 is 9.94 Å². The smallest absolute Gasteiger partial charge is 0.194 e. The average Bonchev–Trinajstić information content (AvgIpc) is 3.20. The van der Waals surface area contributed by atoms with E-state index in [9.17, 15) is 5.11 Å². The number of nitrogens with zero attached hydrogens (tertiary/aromatic N) is 2. The Kier molecular flexibility index (Phi) is 3.93. The Labute approximate surface area is 166 Å². The van der Waals surface area contributed by atoms with E-state index in [1.165, 1.54) is 10.3 Å². The molecular weight excluding hydrogens is 380 g/mol. The molecule has 1 aromatic heterocycles. The molecule has 2 aliphatic rings. The van der Waals surface area contributed by atoms with Crippen molar-refractivity contribution >= 4 is 38.7 Å². The minimum absolute atomic E-state index is 0.0740. The topological polar surface area (TPSA) is 45.1 Å². The number of phenolic OH excluding ortho intramolecular Hbond substituents is 1. The molecule has 0 radical (unpaired) electrons. The largest absolute Gasteiger partial charge is 0.508 e. The molecule has 3 aromatic rings. The predicted molar refractivity (Wildman–Crippen MR) is 110 cm³/mol. The van der Waals surface area contributed by atoms with Gasteiger partial charge >= 0.3 is 0 Å². The third kappa shape index (κ3) is 2.57. The quantitative estimate of drug-likeness (QED) is 0.606. The molecule has 5 rings (SSSR count). The van der Waals surface area contributed by atoms with Gasteiger partial charge in [0.25, 0.3) is 0 Å². The molecule has 3 atom stereocenters. The van der Waals surface area contributed by atoms with Gasteiger partial charge in [0.05, 0.1) is 16.7 Å². The molecule has 6 heteroatoms. The number of hydrogen-bond acceptors (Lipinski definition) is 5. The standard InChI is InChI=1S/C21H19ClN2O2S/c1-11-19-14-8-7-13(25)9-16(14)12(2)24(21(19)26-23-11)10-18-20(22)15-5-3-4-6-17(15)27-18/h3-9,12,19,21,25H,10H2,1-2H3/t12-,19-,21-/m1/s1. The summed E-state index contributed by atoms with van der Waals surface area (Å²) in [7, 11) is 0. The van der Waals surface area contributed by atoms with E-state index in [1.54, 1.807) is 17.4 Å². The second kappa shape index (κ2) is 6.23. The van der Waals surface area contributed by atoms with Gasteiger partial charge in [0.15, 0.2) is 6.23 Å². The van der Waals surface area contributed by atoms with Gasteiger partial charge in [-0.05, 0) is 43.2 Å². The van der Waals surface area contributed by atoms with E-state index in [1.807, 2.05) is 31.2 Å². The zero-order valence-electron chi connectivity index (χ0n) is 15.0. The molecule has 0 saturated heterocycles. The highest BCUT2D eigenvalue weighted by atomic mass is 35.5. The van der Waals surface area contributed by atoms with Crippen LogP contribution >= 0.6 is 22.9 Å². The molecular formula is C21H19ClN2O2S. The summed E-state index contributed by atoms with van der Waals surface area (Å²) in [6, 6.07) is 13.9. The van der Waals surface area contributed by atoms with Gasteiger partial charge in [-0.15, -0.1) is 11.3 Å². The summed E-state index contributed by atoms with van der Waals surface area (Å²) in [5, 5.41) is 16.2. The van der Waals surface area contributed by atoms with Gasteiger partial charge in [-0.1, -0.05) is 41.0 Å². The molecule has 0 unspecified atom stereocenters. The fourth-order valence-electron chi connectivity index (χ4n) is 4.26. The molecule has 138 valence electrons. The Balaban J connectivity index is 1.58. The van der Waals surface area contributed by atoms with E-state index < -0.39 is 0 Å². The molecule has 0 amide bonds. The Bertz CT molecular complexity index is 1080. The number of rotatable bonds is 2. The van der Waals surface area contributed by atoms with Crippen LogP contribution in [-0.4, -0.2) is 21.9 Å². The van der Waals surface area contributed by atoms with Gasteiger partial charge in [-0.25, -0.2) is 0 Å². The number of benzene rings is 2. The van der Waals surface area contributed by atoms with E-state index in [2.05, 4.69) is 29.1 Å². The molecule has 27 heavy (non-hydrogen) atoms. The highest BCUT2D eigenvalue weighted by molar-refractivity contribution is 7.19. The third-order valence-electron chi connectivity index (χ3n) is 5.65. The van der Waals surface area contributed by atoms with Crippen LogP contribution in [0, 0.1) is 0 Å². The minimum atomic E-state index is -0.154. The van der Waals surface area contributed by atoms with Crippen molar-refractivity contribution in [1.82, 2.24) is 4.90 Å². The van der Waals surface area contributed by atoms with Crippen LogP contribution in [0.1, 0.15) is 41.8 Å². The monoisotopic (exact) mass is 398 g/mol. The van der Waals surface area contributed by atoms with Gasteiger partial charge in [0.1, 0.15) is 5.75 Å². The molecule has 2 aliphatic heterocycles. The second-order valence-corrected chi connectivity index (χ2v) is 8.72. The first-order chi connectivity index (χ1) is 13.0. The summed E-state index contributed by atoms with van der Waals surface area (Å²) < 4.78 is 1.19. The number of phenols is 1. The summed E-state index contributed by atoms with van der Waals surface area (Å²) in [4.78, 5) is 9.26. The van der Waals surface area contributed by atoms with Crippen LogP contribution in [0.25, 0.3) is 10.1 Å². The van der Waals surface area contributed by atoms with Crippen molar-refractivity contribution < 1.29 is 9.94 Å². The van der Waals surface area contributed by atoms with Gasteiger partial charge in [0, 0.05) is 27.5 Å². The summed E-state index contributed by atoms with van der Waals surface area (Å²) in [6.45, 7) is 4.83. The first kappa shape index (κ1) is 17.0. The summed E-state index contributed by atoms with van der Waals surface area (Å²) >= 11 is 8.42. The molecule has 4 nitrogen and oxygen atoms in total. The van der Waals surface area contributed by atoms with Crippen LogP contribution in [0.5, 0.6) is 5.75 Å². The lowest BCUT2D eigenvalue weighted by molar-refractivity contribution is -0.0771. The fraction of sp³-hybridized carbons (Fsp3) is 0.286. The lowest BCUT2D eigenvalue weighted by Crippen LogP contribution is -2.45. The third-order valence-corrected chi connectivity index (χ3v) is 7.35. The highest BCUT2D eigenvalue weighted by Crippen LogP contribution is 2.47. The van der Waals surface area contributed by atoms with Crippen LogP contribution < -0.4 is 0 Å². The van der Waals surface area contributed by atoms with Gasteiger partial charge in [0.2, 0.25) is 0 Å². The lowest BCUT2D eigenvalue weighted by Gasteiger charge is -2.41. The number of fused-ring (bicyclic) bond motifs is 4.